The number of carbonyl (C=O) groups is 2. The molecule has 0 aliphatic heterocycles. The summed E-state index contributed by atoms with van der Waals surface area (Å²) in [7, 11) is 1.53. The van der Waals surface area contributed by atoms with Gasteiger partial charge in [0.2, 0.25) is 5.91 Å². The van der Waals surface area contributed by atoms with Crippen molar-refractivity contribution < 1.29 is 14.0 Å². The van der Waals surface area contributed by atoms with E-state index >= 15 is 0 Å². The second-order valence-electron chi connectivity index (χ2n) is 4.35. The Hall–Kier alpha value is -1.98. The van der Waals surface area contributed by atoms with Crippen molar-refractivity contribution in [3.8, 4) is 0 Å². The molecule has 0 spiro atoms. The van der Waals surface area contributed by atoms with Crippen molar-refractivity contribution in [1.29, 1.82) is 0 Å². The summed E-state index contributed by atoms with van der Waals surface area (Å²) in [6, 6.07) is 6.29. The average Bonchev–Trinajstić information content (AvgIpc) is 2.96. The summed E-state index contributed by atoms with van der Waals surface area (Å²) in [5.74, 6) is -0.638. The molecule has 7 heteroatoms. The largest absolute Gasteiger partial charge is 0.472 e. The number of amides is 2. The van der Waals surface area contributed by atoms with Crippen molar-refractivity contribution in [2.24, 2.45) is 0 Å². The van der Waals surface area contributed by atoms with Crippen molar-refractivity contribution >= 4 is 40.7 Å². The maximum Gasteiger partial charge on any atom is 0.257 e. The third kappa shape index (κ3) is 4.00. The first-order valence-corrected chi connectivity index (χ1v) is 6.75. The Balaban J connectivity index is 1.95. The second kappa shape index (κ2) is 6.65. The number of carbonyl (C=O) groups excluding carboxylic acids is 2. The topological polar surface area (TPSA) is 62.6 Å². The van der Waals surface area contributed by atoms with Crippen molar-refractivity contribution in [2.75, 3.05) is 18.9 Å². The number of hydrogen-bond donors (Lipinski definition) is 1. The lowest BCUT2D eigenvalue weighted by atomic mass is 10.3. The molecule has 0 atom stereocenters. The van der Waals surface area contributed by atoms with Crippen LogP contribution in [0.25, 0.3) is 0 Å². The predicted molar refractivity (Wildman–Crippen MR) is 80.8 cm³/mol. The fourth-order valence-electron chi connectivity index (χ4n) is 1.67. The monoisotopic (exact) mass is 326 g/mol. The number of hydrogen-bond acceptors (Lipinski definition) is 3. The number of rotatable bonds is 4. The van der Waals surface area contributed by atoms with E-state index in [0.717, 1.165) is 0 Å². The molecule has 5 nitrogen and oxygen atoms in total. The van der Waals surface area contributed by atoms with Crippen LogP contribution >= 0.6 is 23.2 Å². The molecule has 2 aromatic rings. The lowest BCUT2D eigenvalue weighted by Gasteiger charge is -2.16. The van der Waals surface area contributed by atoms with E-state index in [-0.39, 0.29) is 18.4 Å². The maximum absolute atomic E-state index is 11.9. The van der Waals surface area contributed by atoms with Crippen LogP contribution in [0.4, 0.5) is 5.69 Å². The molecule has 1 N–H and O–H groups in total. The standard InChI is InChI=1S/C14H12Cl2N2O3/c1-18(14(20)9-4-5-21-8-9)7-13(19)17-10-2-3-11(15)12(16)6-10/h2-6,8H,7H2,1H3,(H,17,19). The van der Waals surface area contributed by atoms with E-state index in [9.17, 15) is 9.59 Å². The van der Waals surface area contributed by atoms with Gasteiger partial charge in [-0.1, -0.05) is 23.2 Å². The van der Waals surface area contributed by atoms with Crippen LogP contribution in [0.5, 0.6) is 0 Å². The van der Waals surface area contributed by atoms with Gasteiger partial charge in [0.15, 0.2) is 0 Å². The van der Waals surface area contributed by atoms with Gasteiger partial charge in [0.25, 0.3) is 5.91 Å². The number of nitrogens with zero attached hydrogens (tertiary/aromatic N) is 1. The van der Waals surface area contributed by atoms with Gasteiger partial charge in [-0.3, -0.25) is 9.59 Å². The Kier molecular flexibility index (Phi) is 4.88. The molecule has 1 aromatic heterocycles. The number of furan rings is 1. The van der Waals surface area contributed by atoms with Gasteiger partial charge in [-0.2, -0.15) is 0 Å². The lowest BCUT2D eigenvalue weighted by molar-refractivity contribution is -0.116. The van der Waals surface area contributed by atoms with Gasteiger partial charge in [-0.25, -0.2) is 0 Å². The van der Waals surface area contributed by atoms with Gasteiger partial charge in [0.05, 0.1) is 28.4 Å². The Bertz CT molecular complexity index is 656. The minimum Gasteiger partial charge on any atom is -0.472 e. The van der Waals surface area contributed by atoms with E-state index in [0.29, 0.717) is 21.3 Å². The van der Waals surface area contributed by atoms with E-state index in [1.165, 1.54) is 30.5 Å². The van der Waals surface area contributed by atoms with Gasteiger partial charge < -0.3 is 14.6 Å². The Morgan fingerprint density at radius 2 is 2.00 bits per heavy atom. The smallest absolute Gasteiger partial charge is 0.257 e. The van der Waals surface area contributed by atoms with Crippen LogP contribution in [0.1, 0.15) is 10.4 Å². The Morgan fingerprint density at radius 1 is 1.24 bits per heavy atom. The molecule has 2 rings (SSSR count). The molecule has 0 bridgehead atoms. The van der Waals surface area contributed by atoms with Crippen LogP contribution < -0.4 is 5.32 Å². The van der Waals surface area contributed by atoms with Gasteiger partial charge in [-0.05, 0) is 24.3 Å². The summed E-state index contributed by atoms with van der Waals surface area (Å²) in [5, 5.41) is 3.39. The van der Waals surface area contributed by atoms with Crippen molar-refractivity contribution in [1.82, 2.24) is 4.90 Å². The minimum absolute atomic E-state index is 0.0930. The molecule has 0 aliphatic carbocycles. The first-order chi connectivity index (χ1) is 9.97. The first kappa shape index (κ1) is 15.4. The lowest BCUT2D eigenvalue weighted by Crippen LogP contribution is -2.34. The van der Waals surface area contributed by atoms with Gasteiger partial charge in [-0.15, -0.1) is 0 Å². The molecule has 1 heterocycles. The molecule has 2 amide bonds. The van der Waals surface area contributed by atoms with Gasteiger partial charge in [0, 0.05) is 12.7 Å². The van der Waals surface area contributed by atoms with E-state index < -0.39 is 0 Å². The molecule has 0 aliphatic rings. The van der Waals surface area contributed by atoms with E-state index in [4.69, 9.17) is 27.6 Å². The Morgan fingerprint density at radius 3 is 2.62 bits per heavy atom. The number of likely N-dealkylation sites (N-methyl/N-ethyl adjacent to an activating group) is 1. The third-order valence-electron chi connectivity index (χ3n) is 2.70. The van der Waals surface area contributed by atoms with Crippen molar-refractivity contribution in [3.05, 3.63) is 52.4 Å². The molecule has 0 saturated carbocycles. The second-order valence-corrected chi connectivity index (χ2v) is 5.16. The number of benzene rings is 1. The fraction of sp³-hybridized carbons (Fsp3) is 0.143. The number of anilines is 1. The number of halogens is 2. The maximum atomic E-state index is 11.9. The molecular formula is C14H12Cl2N2O3. The van der Waals surface area contributed by atoms with Crippen LogP contribution in [0.2, 0.25) is 10.0 Å². The van der Waals surface area contributed by atoms with Crippen LogP contribution in [-0.2, 0) is 4.79 Å². The molecule has 1 aromatic carbocycles. The summed E-state index contributed by atoms with van der Waals surface area (Å²) in [4.78, 5) is 25.1. The molecule has 0 fully saturated rings. The van der Waals surface area contributed by atoms with Crippen LogP contribution in [0.3, 0.4) is 0 Å². The third-order valence-corrected chi connectivity index (χ3v) is 3.44. The average molecular weight is 327 g/mol. The summed E-state index contributed by atoms with van der Waals surface area (Å²) in [6.45, 7) is -0.0930. The minimum atomic E-state index is -0.340. The normalized spacial score (nSPS) is 10.2. The van der Waals surface area contributed by atoms with Gasteiger partial charge in [0.1, 0.15) is 6.26 Å². The SMILES string of the molecule is CN(CC(=O)Nc1ccc(Cl)c(Cl)c1)C(=O)c1ccoc1. The highest BCUT2D eigenvalue weighted by Crippen LogP contribution is 2.24. The summed E-state index contributed by atoms with van der Waals surface area (Å²) >= 11 is 11.7. The molecule has 21 heavy (non-hydrogen) atoms. The molecule has 0 radical (unpaired) electrons. The molecule has 110 valence electrons. The summed E-state index contributed by atoms with van der Waals surface area (Å²) in [5.41, 5.74) is 0.901. The Labute approximate surface area is 131 Å². The first-order valence-electron chi connectivity index (χ1n) is 6.00. The summed E-state index contributed by atoms with van der Waals surface area (Å²) in [6.07, 6.45) is 2.73. The summed E-state index contributed by atoms with van der Waals surface area (Å²) < 4.78 is 4.84. The zero-order valence-electron chi connectivity index (χ0n) is 11.1. The van der Waals surface area contributed by atoms with Gasteiger partial charge >= 0.3 is 0 Å². The molecule has 0 unspecified atom stereocenters. The highest BCUT2D eigenvalue weighted by molar-refractivity contribution is 6.42. The highest BCUT2D eigenvalue weighted by atomic mass is 35.5. The predicted octanol–water partition coefficient (Wildman–Crippen LogP) is 3.30. The van der Waals surface area contributed by atoms with E-state index in [1.54, 1.807) is 18.2 Å². The number of nitrogens with one attached hydrogen (secondary N) is 1. The molecular weight excluding hydrogens is 315 g/mol. The van der Waals surface area contributed by atoms with E-state index in [2.05, 4.69) is 5.32 Å². The van der Waals surface area contributed by atoms with Crippen LogP contribution in [0.15, 0.2) is 41.2 Å². The fourth-order valence-corrected chi connectivity index (χ4v) is 1.97. The quantitative estimate of drug-likeness (QED) is 0.937. The van der Waals surface area contributed by atoms with E-state index in [1.807, 2.05) is 0 Å². The molecule has 0 saturated heterocycles. The zero-order chi connectivity index (χ0) is 15.4. The zero-order valence-corrected chi connectivity index (χ0v) is 12.6. The van der Waals surface area contributed by atoms with Crippen molar-refractivity contribution in [3.63, 3.8) is 0 Å². The van der Waals surface area contributed by atoms with Crippen molar-refractivity contribution in [2.45, 2.75) is 0 Å². The van der Waals surface area contributed by atoms with Crippen LogP contribution in [0, 0.1) is 0 Å². The van der Waals surface area contributed by atoms with Crippen LogP contribution in [-0.4, -0.2) is 30.3 Å². The highest BCUT2D eigenvalue weighted by Gasteiger charge is 2.16.